The summed E-state index contributed by atoms with van der Waals surface area (Å²) >= 11 is 0. The molecular weight excluding hydrogens is 392 g/mol. The van der Waals surface area contributed by atoms with Gasteiger partial charge in [0.1, 0.15) is 42.4 Å². The third kappa shape index (κ3) is 4.03. The SMILES string of the molecule is CCCC(=O)Nc1ncnn2c([C@]3(C)O[C@H](COC(=O)C(C)C)[C@@H](O)[C@H]3O)ccc12. The van der Waals surface area contributed by atoms with E-state index >= 15 is 0 Å². The highest BCUT2D eigenvalue weighted by Gasteiger charge is 2.54. The summed E-state index contributed by atoms with van der Waals surface area (Å²) in [6, 6.07) is 3.40. The maximum Gasteiger partial charge on any atom is 0.308 e. The molecule has 2 aromatic rings. The lowest BCUT2D eigenvalue weighted by Gasteiger charge is -2.27. The average Bonchev–Trinajstić information content (AvgIpc) is 3.23. The molecule has 3 heterocycles. The van der Waals surface area contributed by atoms with Crippen LogP contribution < -0.4 is 5.32 Å². The van der Waals surface area contributed by atoms with E-state index in [-0.39, 0.29) is 18.4 Å². The number of fused-ring (bicyclic) bond motifs is 1. The zero-order valence-corrected chi connectivity index (χ0v) is 17.5. The minimum Gasteiger partial charge on any atom is -0.463 e. The van der Waals surface area contributed by atoms with Crippen molar-refractivity contribution in [3.05, 3.63) is 24.2 Å². The average molecular weight is 420 g/mol. The van der Waals surface area contributed by atoms with Crippen LogP contribution in [0.25, 0.3) is 5.52 Å². The largest absolute Gasteiger partial charge is 0.463 e. The number of amides is 1. The first-order valence-corrected chi connectivity index (χ1v) is 10.0. The molecule has 0 saturated carbocycles. The van der Waals surface area contributed by atoms with E-state index in [9.17, 15) is 19.8 Å². The lowest BCUT2D eigenvalue weighted by Crippen LogP contribution is -2.39. The maximum absolute atomic E-state index is 12.0. The number of aromatic nitrogens is 3. The van der Waals surface area contributed by atoms with Crippen LogP contribution in [0.1, 0.15) is 46.2 Å². The Bertz CT molecular complexity index is 929. The van der Waals surface area contributed by atoms with Gasteiger partial charge in [-0.2, -0.15) is 5.10 Å². The summed E-state index contributed by atoms with van der Waals surface area (Å²) in [6.45, 7) is 6.77. The molecule has 0 aromatic carbocycles. The molecule has 1 amide bonds. The van der Waals surface area contributed by atoms with Crippen LogP contribution in [0.3, 0.4) is 0 Å². The highest BCUT2D eigenvalue weighted by atomic mass is 16.6. The third-order valence-electron chi connectivity index (χ3n) is 5.22. The van der Waals surface area contributed by atoms with Crippen molar-refractivity contribution in [3.63, 3.8) is 0 Å². The van der Waals surface area contributed by atoms with Gasteiger partial charge < -0.3 is 25.0 Å². The Morgan fingerprint density at radius 2 is 2.10 bits per heavy atom. The van der Waals surface area contributed by atoms with Gasteiger partial charge in [-0.25, -0.2) is 9.50 Å². The molecule has 2 aromatic heterocycles. The van der Waals surface area contributed by atoms with E-state index in [1.54, 1.807) is 32.9 Å². The normalized spacial score (nSPS) is 26.3. The lowest BCUT2D eigenvalue weighted by molar-refractivity contribution is -0.155. The Morgan fingerprint density at radius 3 is 2.77 bits per heavy atom. The molecule has 4 atom stereocenters. The van der Waals surface area contributed by atoms with Gasteiger partial charge in [0.2, 0.25) is 5.91 Å². The van der Waals surface area contributed by atoms with Gasteiger partial charge in [0.15, 0.2) is 5.82 Å². The van der Waals surface area contributed by atoms with E-state index in [0.717, 1.165) is 0 Å². The summed E-state index contributed by atoms with van der Waals surface area (Å²) in [7, 11) is 0. The number of hydrogen-bond donors (Lipinski definition) is 3. The van der Waals surface area contributed by atoms with Gasteiger partial charge >= 0.3 is 5.97 Å². The van der Waals surface area contributed by atoms with E-state index in [1.807, 2.05) is 6.92 Å². The smallest absolute Gasteiger partial charge is 0.308 e. The molecule has 1 aliphatic rings. The summed E-state index contributed by atoms with van der Waals surface area (Å²) in [5.74, 6) is -0.546. The topological polar surface area (TPSA) is 135 Å². The van der Waals surface area contributed by atoms with Crippen LogP contribution in [-0.2, 0) is 24.7 Å². The van der Waals surface area contributed by atoms with Crippen LogP contribution in [0.4, 0.5) is 5.82 Å². The first kappa shape index (κ1) is 22.1. The van der Waals surface area contributed by atoms with E-state index < -0.39 is 29.9 Å². The molecule has 10 heteroatoms. The molecule has 30 heavy (non-hydrogen) atoms. The number of carbonyl (C=O) groups excluding carboxylic acids is 2. The predicted molar refractivity (Wildman–Crippen MR) is 107 cm³/mol. The van der Waals surface area contributed by atoms with Crippen molar-refractivity contribution in [1.82, 2.24) is 14.6 Å². The second-order valence-electron chi connectivity index (χ2n) is 7.91. The molecule has 3 N–H and O–H groups in total. The summed E-state index contributed by atoms with van der Waals surface area (Å²) in [5, 5.41) is 28.2. The van der Waals surface area contributed by atoms with Crippen molar-refractivity contribution in [2.24, 2.45) is 5.92 Å². The number of anilines is 1. The molecule has 0 unspecified atom stereocenters. The van der Waals surface area contributed by atoms with E-state index in [0.29, 0.717) is 29.9 Å². The van der Waals surface area contributed by atoms with Gasteiger partial charge in [-0.3, -0.25) is 9.59 Å². The van der Waals surface area contributed by atoms with Crippen LogP contribution in [0.2, 0.25) is 0 Å². The van der Waals surface area contributed by atoms with E-state index in [2.05, 4.69) is 15.4 Å². The number of rotatable bonds is 7. The monoisotopic (exact) mass is 420 g/mol. The highest BCUT2D eigenvalue weighted by molar-refractivity contribution is 5.93. The highest BCUT2D eigenvalue weighted by Crippen LogP contribution is 2.40. The third-order valence-corrected chi connectivity index (χ3v) is 5.22. The molecule has 1 fully saturated rings. The van der Waals surface area contributed by atoms with Crippen molar-refractivity contribution in [3.8, 4) is 0 Å². The molecule has 164 valence electrons. The zero-order valence-electron chi connectivity index (χ0n) is 17.5. The van der Waals surface area contributed by atoms with Gasteiger partial charge in [0.25, 0.3) is 0 Å². The molecule has 1 saturated heterocycles. The van der Waals surface area contributed by atoms with Crippen LogP contribution in [0.5, 0.6) is 0 Å². The van der Waals surface area contributed by atoms with Crippen molar-refractivity contribution < 1.29 is 29.3 Å². The number of carbonyl (C=O) groups is 2. The summed E-state index contributed by atoms with van der Waals surface area (Å²) < 4.78 is 12.7. The Kier molecular flexibility index (Phi) is 6.39. The molecule has 0 spiro atoms. The molecule has 10 nitrogen and oxygen atoms in total. The summed E-state index contributed by atoms with van der Waals surface area (Å²) in [5.41, 5.74) is -0.326. The van der Waals surface area contributed by atoms with Crippen molar-refractivity contribution in [2.45, 2.75) is 64.4 Å². The first-order chi connectivity index (χ1) is 14.2. The number of nitrogens with one attached hydrogen (secondary N) is 1. The number of ether oxygens (including phenoxy) is 2. The number of aliphatic hydroxyl groups excluding tert-OH is 2. The Hall–Kier alpha value is -2.56. The van der Waals surface area contributed by atoms with Gasteiger partial charge in [-0.1, -0.05) is 20.8 Å². The van der Waals surface area contributed by atoms with Gasteiger partial charge in [0, 0.05) is 6.42 Å². The van der Waals surface area contributed by atoms with E-state index in [4.69, 9.17) is 9.47 Å². The van der Waals surface area contributed by atoms with Crippen LogP contribution in [0, 0.1) is 5.92 Å². The second-order valence-corrected chi connectivity index (χ2v) is 7.91. The fourth-order valence-corrected chi connectivity index (χ4v) is 3.49. The van der Waals surface area contributed by atoms with Crippen LogP contribution in [0.15, 0.2) is 18.5 Å². The number of hydrogen-bond acceptors (Lipinski definition) is 8. The molecule has 0 bridgehead atoms. The Morgan fingerprint density at radius 1 is 1.37 bits per heavy atom. The van der Waals surface area contributed by atoms with Gasteiger partial charge in [-0.15, -0.1) is 0 Å². The van der Waals surface area contributed by atoms with E-state index in [1.165, 1.54) is 10.8 Å². The van der Waals surface area contributed by atoms with Gasteiger partial charge in [-0.05, 0) is 25.5 Å². The molecule has 1 aliphatic heterocycles. The Balaban J connectivity index is 1.87. The first-order valence-electron chi connectivity index (χ1n) is 10.0. The number of nitrogens with zero attached hydrogens (tertiary/aromatic N) is 3. The molecule has 3 rings (SSSR count). The maximum atomic E-state index is 12.0. The summed E-state index contributed by atoms with van der Waals surface area (Å²) in [4.78, 5) is 27.9. The number of aliphatic hydroxyl groups is 2. The fraction of sp³-hybridized carbons (Fsp3) is 0.600. The minimum absolute atomic E-state index is 0.160. The van der Waals surface area contributed by atoms with Gasteiger partial charge in [0.05, 0.1) is 11.6 Å². The van der Waals surface area contributed by atoms with Crippen molar-refractivity contribution >= 4 is 23.2 Å². The predicted octanol–water partition coefficient (Wildman–Crippen LogP) is 1.00. The molecular formula is C20H28N4O6. The molecule has 0 aliphatic carbocycles. The molecule has 0 radical (unpaired) electrons. The quantitative estimate of drug-likeness (QED) is 0.565. The lowest BCUT2D eigenvalue weighted by atomic mass is 9.93. The van der Waals surface area contributed by atoms with Crippen molar-refractivity contribution in [1.29, 1.82) is 0 Å². The standard InChI is InChI=1S/C20H28N4O6/c1-5-6-15(25)23-18-12-7-8-14(24(12)22-10-21-18)20(4)17(27)16(26)13(30-20)9-29-19(28)11(2)3/h7-8,10-11,13,16-17,26-27H,5-6,9H2,1-4H3,(H,21,22,23,25)/t13-,16-,17-,20+/m1/s1. The Labute approximate surface area is 174 Å². The van der Waals surface area contributed by atoms with Crippen LogP contribution in [-0.4, -0.2) is 61.6 Å². The van der Waals surface area contributed by atoms with Crippen LogP contribution >= 0.6 is 0 Å². The number of esters is 1. The summed E-state index contributed by atoms with van der Waals surface area (Å²) in [6.07, 6.45) is -1.08. The van der Waals surface area contributed by atoms with Crippen molar-refractivity contribution in [2.75, 3.05) is 11.9 Å². The fourth-order valence-electron chi connectivity index (χ4n) is 3.49. The minimum atomic E-state index is -1.32. The zero-order chi connectivity index (χ0) is 22.1. The second kappa shape index (κ2) is 8.66.